The smallest absolute Gasteiger partial charge is 0.254 e. The molecule has 9 nitrogen and oxygen atoms in total. The maximum atomic E-state index is 11.7. The number of nitrogens with one attached hydrogen (secondary N) is 1. The largest absolute Gasteiger partial charge is 0.369 e. The first-order valence-electron chi connectivity index (χ1n) is 9.63. The standard InChI is InChI=1S/C19H25N7O2S/c1-4-17-14(2)22-19-20-13-21-26(19)18(17)23-15-5-7-16(8-6-15)24-9-11-25(12-10-24)29(3,27)28/h5-8,13,23H,4,9-12H2,1-3H3. The van der Waals surface area contributed by atoms with Crippen LogP contribution in [0.25, 0.3) is 5.78 Å². The van der Waals surface area contributed by atoms with Crippen LogP contribution in [-0.2, 0) is 16.4 Å². The second kappa shape index (κ2) is 7.60. The maximum Gasteiger partial charge on any atom is 0.254 e. The summed E-state index contributed by atoms with van der Waals surface area (Å²) < 4.78 is 26.6. The summed E-state index contributed by atoms with van der Waals surface area (Å²) in [5.41, 5.74) is 4.07. The lowest BCUT2D eigenvalue weighted by atomic mass is 10.1. The number of anilines is 3. The molecule has 0 bridgehead atoms. The van der Waals surface area contributed by atoms with Gasteiger partial charge in [0.1, 0.15) is 12.1 Å². The molecule has 1 aromatic carbocycles. The summed E-state index contributed by atoms with van der Waals surface area (Å²) in [6.07, 6.45) is 3.60. The van der Waals surface area contributed by atoms with E-state index in [0.717, 1.165) is 34.9 Å². The van der Waals surface area contributed by atoms with Crippen LogP contribution in [0.15, 0.2) is 30.6 Å². The summed E-state index contributed by atoms with van der Waals surface area (Å²) in [6, 6.07) is 8.15. The Labute approximate surface area is 170 Å². The van der Waals surface area contributed by atoms with Crippen molar-refractivity contribution in [3.05, 3.63) is 41.9 Å². The van der Waals surface area contributed by atoms with Gasteiger partial charge in [-0.05, 0) is 37.6 Å². The number of sulfonamides is 1. The van der Waals surface area contributed by atoms with Gasteiger partial charge in [0.15, 0.2) is 0 Å². The summed E-state index contributed by atoms with van der Waals surface area (Å²) >= 11 is 0. The maximum absolute atomic E-state index is 11.7. The van der Waals surface area contributed by atoms with Crippen LogP contribution in [0.2, 0.25) is 0 Å². The van der Waals surface area contributed by atoms with Crippen LogP contribution in [0, 0.1) is 6.92 Å². The predicted octanol–water partition coefficient (Wildman–Crippen LogP) is 1.82. The number of piperazine rings is 1. The summed E-state index contributed by atoms with van der Waals surface area (Å²) in [5.74, 6) is 1.45. The third-order valence-corrected chi connectivity index (χ3v) is 6.59. The summed E-state index contributed by atoms with van der Waals surface area (Å²) in [4.78, 5) is 10.9. The quantitative estimate of drug-likeness (QED) is 0.679. The van der Waals surface area contributed by atoms with Gasteiger partial charge in [-0.2, -0.15) is 18.9 Å². The van der Waals surface area contributed by atoms with Gasteiger partial charge in [-0.3, -0.25) is 0 Å². The number of aromatic nitrogens is 4. The zero-order valence-corrected chi connectivity index (χ0v) is 17.6. The molecule has 1 aliphatic heterocycles. The SMILES string of the molecule is CCc1c(C)nc2ncnn2c1Nc1ccc(N2CCN(S(C)(=O)=O)CC2)cc1. The van der Waals surface area contributed by atoms with Gasteiger partial charge in [0.05, 0.1) is 6.26 Å². The third kappa shape index (κ3) is 3.90. The molecule has 4 rings (SSSR count). The van der Waals surface area contributed by atoms with Crippen LogP contribution in [-0.4, -0.2) is 64.7 Å². The van der Waals surface area contributed by atoms with Gasteiger partial charge in [0.25, 0.3) is 5.78 Å². The molecule has 29 heavy (non-hydrogen) atoms. The van der Waals surface area contributed by atoms with Crippen molar-refractivity contribution in [2.45, 2.75) is 20.3 Å². The molecule has 0 saturated carbocycles. The first-order valence-corrected chi connectivity index (χ1v) is 11.5. The van der Waals surface area contributed by atoms with Gasteiger partial charge in [0, 0.05) is 48.8 Å². The van der Waals surface area contributed by atoms with E-state index >= 15 is 0 Å². The molecular weight excluding hydrogens is 390 g/mol. The molecule has 0 spiro atoms. The fourth-order valence-corrected chi connectivity index (χ4v) is 4.53. The molecule has 0 aliphatic carbocycles. The number of rotatable bonds is 5. The van der Waals surface area contributed by atoms with E-state index in [1.54, 1.807) is 4.52 Å². The molecule has 1 N–H and O–H groups in total. The number of benzene rings is 1. The second-order valence-electron chi connectivity index (χ2n) is 7.17. The summed E-state index contributed by atoms with van der Waals surface area (Å²) in [7, 11) is -3.12. The fourth-order valence-electron chi connectivity index (χ4n) is 3.71. The van der Waals surface area contributed by atoms with E-state index in [-0.39, 0.29) is 0 Å². The molecule has 3 aromatic rings. The Hall–Kier alpha value is -2.72. The predicted molar refractivity (Wildman–Crippen MR) is 113 cm³/mol. The molecule has 1 aliphatic rings. The van der Waals surface area contributed by atoms with E-state index in [9.17, 15) is 8.42 Å². The van der Waals surface area contributed by atoms with Crippen LogP contribution in [0.4, 0.5) is 17.2 Å². The first-order chi connectivity index (χ1) is 13.9. The van der Waals surface area contributed by atoms with Crippen molar-refractivity contribution in [2.24, 2.45) is 0 Å². The summed E-state index contributed by atoms with van der Waals surface area (Å²) in [5, 5.41) is 7.77. The number of nitrogens with zero attached hydrogens (tertiary/aromatic N) is 6. The van der Waals surface area contributed by atoms with Gasteiger partial charge in [-0.25, -0.2) is 13.4 Å². The van der Waals surface area contributed by atoms with Crippen LogP contribution in [0.5, 0.6) is 0 Å². The highest BCUT2D eigenvalue weighted by molar-refractivity contribution is 7.88. The van der Waals surface area contributed by atoms with Crippen LogP contribution in [0.3, 0.4) is 0 Å². The Morgan fingerprint density at radius 2 is 1.79 bits per heavy atom. The lowest BCUT2D eigenvalue weighted by Gasteiger charge is -2.34. The van der Waals surface area contributed by atoms with E-state index < -0.39 is 10.0 Å². The van der Waals surface area contributed by atoms with E-state index in [1.165, 1.54) is 16.9 Å². The molecule has 0 radical (unpaired) electrons. The van der Waals surface area contributed by atoms with E-state index in [2.05, 4.69) is 44.3 Å². The Morgan fingerprint density at radius 3 is 2.41 bits per heavy atom. The molecular formula is C19H25N7O2S. The zero-order valence-electron chi connectivity index (χ0n) is 16.8. The second-order valence-corrected chi connectivity index (χ2v) is 9.15. The lowest BCUT2D eigenvalue weighted by molar-refractivity contribution is 0.388. The molecule has 2 aromatic heterocycles. The number of fused-ring (bicyclic) bond motifs is 1. The molecule has 0 atom stereocenters. The number of hydrogen-bond donors (Lipinski definition) is 1. The zero-order chi connectivity index (χ0) is 20.6. The van der Waals surface area contributed by atoms with Gasteiger partial charge in [-0.1, -0.05) is 6.92 Å². The number of hydrogen-bond acceptors (Lipinski definition) is 7. The first kappa shape index (κ1) is 19.6. The molecule has 1 fully saturated rings. The van der Waals surface area contributed by atoms with E-state index in [4.69, 9.17) is 0 Å². The molecule has 0 amide bonds. The average molecular weight is 416 g/mol. The minimum atomic E-state index is -3.12. The average Bonchev–Trinajstić information content (AvgIpc) is 3.16. The normalized spacial score (nSPS) is 15.8. The molecule has 154 valence electrons. The van der Waals surface area contributed by atoms with Crippen molar-refractivity contribution in [1.29, 1.82) is 0 Å². The number of aryl methyl sites for hydroxylation is 1. The lowest BCUT2D eigenvalue weighted by Crippen LogP contribution is -2.48. The van der Waals surface area contributed by atoms with Gasteiger partial charge >= 0.3 is 0 Å². The fraction of sp³-hybridized carbons (Fsp3) is 0.421. The molecule has 10 heteroatoms. The Balaban J connectivity index is 1.53. The van der Waals surface area contributed by atoms with Gasteiger partial charge in [0.2, 0.25) is 10.0 Å². The van der Waals surface area contributed by atoms with Crippen LogP contribution >= 0.6 is 0 Å². The van der Waals surface area contributed by atoms with Crippen molar-refractivity contribution in [1.82, 2.24) is 23.9 Å². The monoisotopic (exact) mass is 415 g/mol. The Kier molecular flexibility index (Phi) is 5.13. The Bertz CT molecular complexity index is 1120. The molecule has 3 heterocycles. The van der Waals surface area contributed by atoms with Gasteiger partial charge < -0.3 is 10.2 Å². The van der Waals surface area contributed by atoms with Crippen LogP contribution in [0.1, 0.15) is 18.2 Å². The van der Waals surface area contributed by atoms with Crippen molar-refractivity contribution in [2.75, 3.05) is 42.7 Å². The Morgan fingerprint density at radius 1 is 1.10 bits per heavy atom. The third-order valence-electron chi connectivity index (χ3n) is 5.29. The highest BCUT2D eigenvalue weighted by Gasteiger charge is 2.23. The van der Waals surface area contributed by atoms with Crippen molar-refractivity contribution >= 4 is 33.0 Å². The highest BCUT2D eigenvalue weighted by atomic mass is 32.2. The van der Waals surface area contributed by atoms with Crippen molar-refractivity contribution in [3.63, 3.8) is 0 Å². The molecule has 1 saturated heterocycles. The molecule has 0 unspecified atom stereocenters. The topological polar surface area (TPSA) is 95.7 Å². The van der Waals surface area contributed by atoms with Gasteiger partial charge in [-0.15, -0.1) is 0 Å². The van der Waals surface area contributed by atoms with E-state index in [0.29, 0.717) is 32.0 Å². The van der Waals surface area contributed by atoms with Crippen molar-refractivity contribution < 1.29 is 8.42 Å². The minimum absolute atomic E-state index is 0.513. The minimum Gasteiger partial charge on any atom is -0.369 e. The highest BCUT2D eigenvalue weighted by Crippen LogP contribution is 2.26. The van der Waals surface area contributed by atoms with Crippen LogP contribution < -0.4 is 10.2 Å². The van der Waals surface area contributed by atoms with Crippen molar-refractivity contribution in [3.8, 4) is 0 Å². The summed E-state index contributed by atoms with van der Waals surface area (Å²) in [6.45, 7) is 6.47. The van der Waals surface area contributed by atoms with E-state index in [1.807, 2.05) is 19.1 Å².